The molecule has 0 saturated heterocycles. The van der Waals surface area contributed by atoms with E-state index >= 15 is 0 Å². The summed E-state index contributed by atoms with van der Waals surface area (Å²) in [4.78, 5) is 0. The van der Waals surface area contributed by atoms with Crippen molar-refractivity contribution in [2.24, 2.45) is 0 Å². The summed E-state index contributed by atoms with van der Waals surface area (Å²) >= 11 is 3.43. The molecule has 0 heterocycles. The van der Waals surface area contributed by atoms with Crippen LogP contribution in [0.1, 0.15) is 11.1 Å². The average Bonchev–Trinajstić information content (AvgIpc) is 2.53. The van der Waals surface area contributed by atoms with Gasteiger partial charge in [0, 0.05) is 17.6 Å². The highest BCUT2D eigenvalue weighted by Crippen LogP contribution is 2.33. The maximum absolute atomic E-state index is 13.2. The summed E-state index contributed by atoms with van der Waals surface area (Å²) in [5, 5.41) is 3.04. The Hall–Kier alpha value is -1.73. The SMILES string of the molecule is COc1cc(Br)c(CNCc2cc(F)c(F)c(F)c2)cc1OC. The molecule has 0 aliphatic heterocycles. The Morgan fingerprint density at radius 1 is 0.913 bits per heavy atom. The molecule has 0 aliphatic rings. The summed E-state index contributed by atoms with van der Waals surface area (Å²) in [5.74, 6) is -2.70. The maximum atomic E-state index is 13.2. The Bertz CT molecular complexity index is 687. The van der Waals surface area contributed by atoms with Gasteiger partial charge in [0.25, 0.3) is 0 Å². The van der Waals surface area contributed by atoms with E-state index in [9.17, 15) is 13.2 Å². The van der Waals surface area contributed by atoms with Crippen LogP contribution < -0.4 is 14.8 Å². The number of nitrogens with one attached hydrogen (secondary N) is 1. The molecule has 2 aromatic carbocycles. The van der Waals surface area contributed by atoms with Gasteiger partial charge >= 0.3 is 0 Å². The van der Waals surface area contributed by atoms with E-state index < -0.39 is 17.5 Å². The molecular weight excluding hydrogens is 375 g/mol. The third kappa shape index (κ3) is 4.17. The van der Waals surface area contributed by atoms with Gasteiger partial charge in [-0.1, -0.05) is 15.9 Å². The highest BCUT2D eigenvalue weighted by Gasteiger charge is 2.12. The summed E-state index contributed by atoms with van der Waals surface area (Å²) in [5.41, 5.74) is 1.20. The number of hydrogen-bond donors (Lipinski definition) is 1. The van der Waals surface area contributed by atoms with Gasteiger partial charge in [0.1, 0.15) is 0 Å². The highest BCUT2D eigenvalue weighted by atomic mass is 79.9. The Labute approximate surface area is 140 Å². The van der Waals surface area contributed by atoms with E-state index in [1.54, 1.807) is 19.2 Å². The van der Waals surface area contributed by atoms with E-state index in [1.807, 2.05) is 0 Å². The molecule has 0 bridgehead atoms. The molecule has 1 N–H and O–H groups in total. The van der Waals surface area contributed by atoms with Crippen LogP contribution in [0.4, 0.5) is 13.2 Å². The summed E-state index contributed by atoms with van der Waals surface area (Å²) < 4.78 is 50.4. The predicted octanol–water partition coefficient (Wildman–Crippen LogP) is 4.17. The van der Waals surface area contributed by atoms with Gasteiger partial charge in [-0.05, 0) is 35.4 Å². The number of benzene rings is 2. The van der Waals surface area contributed by atoms with Gasteiger partial charge in [0.05, 0.1) is 14.2 Å². The van der Waals surface area contributed by atoms with Crippen molar-refractivity contribution in [3.8, 4) is 11.5 Å². The van der Waals surface area contributed by atoms with Crippen molar-refractivity contribution in [1.82, 2.24) is 5.32 Å². The van der Waals surface area contributed by atoms with Crippen LogP contribution in [-0.4, -0.2) is 14.2 Å². The second-order valence-corrected chi connectivity index (χ2v) is 5.63. The van der Waals surface area contributed by atoms with Crippen LogP contribution >= 0.6 is 15.9 Å². The number of methoxy groups -OCH3 is 2. The fourth-order valence-corrected chi connectivity index (χ4v) is 2.55. The fraction of sp³-hybridized carbons (Fsp3) is 0.250. The van der Waals surface area contributed by atoms with E-state index in [4.69, 9.17) is 9.47 Å². The van der Waals surface area contributed by atoms with Gasteiger partial charge in [-0.25, -0.2) is 13.2 Å². The zero-order valence-corrected chi connectivity index (χ0v) is 14.1. The Morgan fingerprint density at radius 2 is 1.48 bits per heavy atom. The minimum absolute atomic E-state index is 0.189. The zero-order chi connectivity index (χ0) is 17.0. The summed E-state index contributed by atoms with van der Waals surface area (Å²) in [7, 11) is 3.08. The highest BCUT2D eigenvalue weighted by molar-refractivity contribution is 9.10. The van der Waals surface area contributed by atoms with Crippen LogP contribution in [0, 0.1) is 17.5 Å². The van der Waals surface area contributed by atoms with Crippen molar-refractivity contribution in [1.29, 1.82) is 0 Å². The standard InChI is InChI=1S/C16H15BrF3NO2/c1-22-14-5-10(11(17)6-15(14)23-2)8-21-7-9-3-12(18)16(20)13(19)4-9/h3-6,21H,7-8H2,1-2H3. The van der Waals surface area contributed by atoms with Gasteiger partial charge in [-0.15, -0.1) is 0 Å². The molecule has 0 unspecified atom stereocenters. The first-order valence-corrected chi connectivity index (χ1v) is 7.50. The van der Waals surface area contributed by atoms with Crippen LogP contribution in [0.15, 0.2) is 28.7 Å². The molecule has 0 saturated carbocycles. The molecule has 0 atom stereocenters. The third-order valence-electron chi connectivity index (χ3n) is 3.24. The maximum Gasteiger partial charge on any atom is 0.194 e. The molecule has 2 aromatic rings. The van der Waals surface area contributed by atoms with E-state index in [2.05, 4.69) is 21.2 Å². The van der Waals surface area contributed by atoms with Crippen molar-refractivity contribution in [3.05, 3.63) is 57.3 Å². The lowest BCUT2D eigenvalue weighted by Crippen LogP contribution is -2.14. The first-order chi connectivity index (χ1) is 11.0. The minimum Gasteiger partial charge on any atom is -0.493 e. The largest absolute Gasteiger partial charge is 0.493 e. The molecule has 0 aromatic heterocycles. The Kier molecular flexibility index (Phi) is 5.90. The summed E-state index contributed by atoms with van der Waals surface area (Å²) in [6.45, 7) is 0.608. The molecule has 7 heteroatoms. The van der Waals surface area contributed by atoms with Crippen LogP contribution in [0.25, 0.3) is 0 Å². The predicted molar refractivity (Wildman–Crippen MR) is 84.1 cm³/mol. The lowest BCUT2D eigenvalue weighted by Gasteiger charge is -2.12. The van der Waals surface area contributed by atoms with Gasteiger partial charge in [0.2, 0.25) is 0 Å². The van der Waals surface area contributed by atoms with Crippen LogP contribution in [0.2, 0.25) is 0 Å². The Balaban J connectivity index is 2.07. The van der Waals surface area contributed by atoms with Crippen molar-refractivity contribution >= 4 is 15.9 Å². The summed E-state index contributed by atoms with van der Waals surface area (Å²) in [6.07, 6.45) is 0. The van der Waals surface area contributed by atoms with Crippen LogP contribution in [-0.2, 0) is 13.1 Å². The lowest BCUT2D eigenvalue weighted by molar-refractivity contribution is 0.354. The monoisotopic (exact) mass is 389 g/mol. The van der Waals surface area contributed by atoms with Crippen molar-refractivity contribution in [2.45, 2.75) is 13.1 Å². The molecule has 0 amide bonds. The van der Waals surface area contributed by atoms with E-state index in [-0.39, 0.29) is 6.54 Å². The van der Waals surface area contributed by atoms with Crippen molar-refractivity contribution in [3.63, 3.8) is 0 Å². The van der Waals surface area contributed by atoms with Gasteiger partial charge in [-0.3, -0.25) is 0 Å². The average molecular weight is 390 g/mol. The van der Waals surface area contributed by atoms with Crippen LogP contribution in [0.5, 0.6) is 11.5 Å². The van der Waals surface area contributed by atoms with E-state index in [0.29, 0.717) is 23.6 Å². The molecule has 2 rings (SSSR count). The minimum atomic E-state index is -1.46. The molecular formula is C16H15BrF3NO2. The third-order valence-corrected chi connectivity index (χ3v) is 3.98. The quantitative estimate of drug-likeness (QED) is 0.752. The second kappa shape index (κ2) is 7.70. The van der Waals surface area contributed by atoms with Crippen molar-refractivity contribution < 1.29 is 22.6 Å². The number of halogens is 4. The molecule has 0 radical (unpaired) electrons. The molecule has 0 fully saturated rings. The first-order valence-electron chi connectivity index (χ1n) is 6.70. The molecule has 23 heavy (non-hydrogen) atoms. The summed E-state index contributed by atoms with van der Waals surface area (Å²) in [6, 6.07) is 5.50. The van der Waals surface area contributed by atoms with E-state index in [1.165, 1.54) is 7.11 Å². The zero-order valence-electron chi connectivity index (χ0n) is 12.6. The second-order valence-electron chi connectivity index (χ2n) is 4.78. The van der Waals surface area contributed by atoms with Gasteiger partial charge < -0.3 is 14.8 Å². The lowest BCUT2D eigenvalue weighted by atomic mass is 10.1. The molecule has 0 aliphatic carbocycles. The van der Waals surface area contributed by atoms with Gasteiger partial charge in [-0.2, -0.15) is 0 Å². The molecule has 0 spiro atoms. The fourth-order valence-electron chi connectivity index (χ4n) is 2.08. The normalized spacial score (nSPS) is 10.7. The number of ether oxygens (including phenoxy) is 2. The van der Waals surface area contributed by atoms with E-state index in [0.717, 1.165) is 22.2 Å². The molecule has 124 valence electrons. The van der Waals surface area contributed by atoms with Crippen LogP contribution in [0.3, 0.4) is 0 Å². The number of hydrogen-bond acceptors (Lipinski definition) is 3. The number of rotatable bonds is 6. The first kappa shape index (κ1) is 17.6. The van der Waals surface area contributed by atoms with Gasteiger partial charge in [0.15, 0.2) is 29.0 Å². The topological polar surface area (TPSA) is 30.5 Å². The smallest absolute Gasteiger partial charge is 0.194 e. The van der Waals surface area contributed by atoms with Crippen molar-refractivity contribution in [2.75, 3.05) is 14.2 Å². The molecule has 3 nitrogen and oxygen atoms in total. The Morgan fingerprint density at radius 3 is 2.04 bits per heavy atom.